The zero-order valence-electron chi connectivity index (χ0n) is 20.3. The van der Waals surface area contributed by atoms with E-state index < -0.39 is 74.9 Å². The van der Waals surface area contributed by atoms with E-state index in [0.717, 1.165) is 24.3 Å². The topological polar surface area (TPSA) is 46.2 Å². The Morgan fingerprint density at radius 3 is 1.95 bits per heavy atom. The molecule has 40 heavy (non-hydrogen) atoms. The van der Waals surface area contributed by atoms with E-state index in [1.807, 2.05) is 0 Å². The number of allylic oxidation sites excluding steroid dienone is 1. The fraction of sp³-hybridized carbons (Fsp3) is 0.375. The van der Waals surface area contributed by atoms with Crippen molar-refractivity contribution in [3.05, 3.63) is 73.7 Å². The fourth-order valence-corrected chi connectivity index (χ4v) is 5.47. The second-order valence-electron chi connectivity index (χ2n) is 9.16. The van der Waals surface area contributed by atoms with E-state index in [4.69, 9.17) is 34.8 Å². The molecule has 0 saturated carbocycles. The molecule has 2 rings (SSSR count). The van der Waals surface area contributed by atoms with E-state index in [1.54, 1.807) is 0 Å². The summed E-state index contributed by atoms with van der Waals surface area (Å²) < 4.78 is 132. The van der Waals surface area contributed by atoms with E-state index in [-0.39, 0.29) is 20.6 Å². The highest BCUT2D eigenvalue weighted by Gasteiger charge is 2.40. The van der Waals surface area contributed by atoms with E-state index >= 15 is 0 Å². The number of rotatable bonds is 8. The molecular weight excluding hydrogens is 644 g/mol. The van der Waals surface area contributed by atoms with Gasteiger partial charge in [-0.1, -0.05) is 53.0 Å². The summed E-state index contributed by atoms with van der Waals surface area (Å²) >= 11 is 17.4. The van der Waals surface area contributed by atoms with Crippen molar-refractivity contribution in [2.45, 2.75) is 43.8 Å². The van der Waals surface area contributed by atoms with Crippen molar-refractivity contribution in [3.8, 4) is 0 Å². The van der Waals surface area contributed by atoms with Crippen molar-refractivity contribution in [2.75, 3.05) is 11.5 Å². The predicted molar refractivity (Wildman–Crippen MR) is 136 cm³/mol. The number of benzene rings is 2. The van der Waals surface area contributed by atoms with E-state index in [9.17, 15) is 48.5 Å². The van der Waals surface area contributed by atoms with Gasteiger partial charge in [-0.25, -0.2) is 0 Å². The summed E-state index contributed by atoms with van der Waals surface area (Å²) in [4.78, 5) is 12.6. The van der Waals surface area contributed by atoms with Crippen LogP contribution in [0.25, 0.3) is 6.08 Å². The molecule has 0 bridgehead atoms. The predicted octanol–water partition coefficient (Wildman–Crippen LogP) is 8.84. The summed E-state index contributed by atoms with van der Waals surface area (Å²) in [5.41, 5.74) is -4.84. The van der Waals surface area contributed by atoms with Crippen molar-refractivity contribution in [1.82, 2.24) is 5.32 Å². The third-order valence-electron chi connectivity index (χ3n) is 5.09. The molecule has 2 unspecified atom stereocenters. The fourth-order valence-electron chi connectivity index (χ4n) is 3.52. The van der Waals surface area contributed by atoms with Gasteiger partial charge in [-0.05, 0) is 49.2 Å². The number of carbonyl (C=O) groups is 1. The lowest BCUT2D eigenvalue weighted by atomic mass is 9.96. The standard InChI is InChI=1S/C24H19Cl3F9NO2S/c1-21(2,10-40(39)11-22(28,29)30)37-20(38)14-5-3-12(7-16(14)24(34,35)36)4-6-15(23(31,32)33)13-8-17(25)19(27)18(26)9-13/h3-9,15H,10-11H2,1-2H3,(H,37,38). The number of carbonyl (C=O) groups excluding carboxylic acids is 1. The normalized spacial score (nSPS) is 14.8. The number of amides is 1. The van der Waals surface area contributed by atoms with Gasteiger partial charge in [-0.15, -0.1) is 0 Å². The summed E-state index contributed by atoms with van der Waals surface area (Å²) in [7, 11) is -2.48. The van der Waals surface area contributed by atoms with Crippen molar-refractivity contribution >= 4 is 57.6 Å². The molecule has 1 amide bonds. The summed E-state index contributed by atoms with van der Waals surface area (Å²) in [6.07, 6.45) is -13.5. The lowest BCUT2D eigenvalue weighted by Crippen LogP contribution is -2.48. The van der Waals surface area contributed by atoms with Crippen LogP contribution in [0.4, 0.5) is 39.5 Å². The average molecular weight is 663 g/mol. The molecular formula is C24H19Cl3F9NO2S. The quantitative estimate of drug-likeness (QED) is 0.227. The summed E-state index contributed by atoms with van der Waals surface area (Å²) in [6, 6.07) is 3.92. The summed E-state index contributed by atoms with van der Waals surface area (Å²) in [5.74, 6) is -6.06. The van der Waals surface area contributed by atoms with Crippen LogP contribution in [0.2, 0.25) is 15.1 Å². The Kier molecular flexibility index (Phi) is 10.7. The molecule has 0 aliphatic rings. The van der Waals surface area contributed by atoms with Gasteiger partial charge in [0.15, 0.2) is 0 Å². The molecule has 0 fully saturated rings. The number of hydrogen-bond acceptors (Lipinski definition) is 2. The maximum atomic E-state index is 13.8. The molecule has 0 heterocycles. The third kappa shape index (κ3) is 9.85. The average Bonchev–Trinajstić information content (AvgIpc) is 2.73. The Balaban J connectivity index is 2.41. The van der Waals surface area contributed by atoms with Crippen LogP contribution in [0.15, 0.2) is 36.4 Å². The van der Waals surface area contributed by atoms with Crippen LogP contribution in [-0.2, 0) is 17.0 Å². The molecule has 0 aromatic heterocycles. The smallest absolute Gasteiger partial charge is 0.346 e. The van der Waals surface area contributed by atoms with Gasteiger partial charge in [0.1, 0.15) is 5.75 Å². The van der Waals surface area contributed by atoms with Gasteiger partial charge in [0.25, 0.3) is 5.91 Å². The molecule has 0 spiro atoms. The SMILES string of the molecule is CC(C)(CS(=O)CC(F)(F)F)NC(=O)c1ccc(C=CC(c2cc(Cl)c(Cl)c(Cl)c2)C(F)(F)F)cc1C(F)(F)F. The highest BCUT2D eigenvalue weighted by Crippen LogP contribution is 2.41. The number of nitrogens with one attached hydrogen (secondary N) is 1. The Hall–Kier alpha value is -1.96. The number of alkyl halides is 9. The molecule has 0 saturated heterocycles. The summed E-state index contributed by atoms with van der Waals surface area (Å²) in [5, 5.41) is 1.40. The van der Waals surface area contributed by atoms with Gasteiger partial charge < -0.3 is 5.32 Å². The molecule has 0 aliphatic carbocycles. The summed E-state index contributed by atoms with van der Waals surface area (Å²) in [6.45, 7) is 2.35. The van der Waals surface area contributed by atoms with Crippen LogP contribution >= 0.6 is 34.8 Å². The van der Waals surface area contributed by atoms with Gasteiger partial charge in [-0.2, -0.15) is 39.5 Å². The van der Waals surface area contributed by atoms with Crippen LogP contribution < -0.4 is 5.32 Å². The van der Waals surface area contributed by atoms with Gasteiger partial charge in [0.05, 0.1) is 32.1 Å². The van der Waals surface area contributed by atoms with Crippen LogP contribution in [0.3, 0.4) is 0 Å². The first-order chi connectivity index (χ1) is 18.0. The second kappa shape index (κ2) is 12.5. The molecule has 0 aliphatic heterocycles. The second-order valence-corrected chi connectivity index (χ2v) is 11.8. The van der Waals surface area contributed by atoms with Crippen LogP contribution in [0.1, 0.15) is 46.8 Å². The highest BCUT2D eigenvalue weighted by molar-refractivity contribution is 7.85. The molecule has 3 nitrogen and oxygen atoms in total. The van der Waals surface area contributed by atoms with E-state index in [2.05, 4.69) is 5.32 Å². The lowest BCUT2D eigenvalue weighted by molar-refractivity contribution is -0.139. The van der Waals surface area contributed by atoms with Gasteiger partial charge >= 0.3 is 18.5 Å². The van der Waals surface area contributed by atoms with Gasteiger partial charge in [0, 0.05) is 22.1 Å². The number of halogens is 12. The number of hydrogen-bond donors (Lipinski definition) is 1. The van der Waals surface area contributed by atoms with Gasteiger partial charge in [-0.3, -0.25) is 9.00 Å². The van der Waals surface area contributed by atoms with Crippen LogP contribution in [0.5, 0.6) is 0 Å². The maximum absolute atomic E-state index is 13.8. The van der Waals surface area contributed by atoms with Crippen molar-refractivity contribution < 1.29 is 48.5 Å². The molecule has 2 aromatic rings. The molecule has 2 aromatic carbocycles. The zero-order chi connectivity index (χ0) is 30.8. The Bertz CT molecular complexity index is 1280. The first-order valence-electron chi connectivity index (χ1n) is 10.8. The molecule has 1 N–H and O–H groups in total. The molecule has 222 valence electrons. The van der Waals surface area contributed by atoms with Crippen molar-refractivity contribution in [3.63, 3.8) is 0 Å². The highest BCUT2D eigenvalue weighted by atomic mass is 35.5. The minimum Gasteiger partial charge on any atom is -0.346 e. The first kappa shape index (κ1) is 34.2. The van der Waals surface area contributed by atoms with Crippen molar-refractivity contribution in [1.29, 1.82) is 0 Å². The molecule has 16 heteroatoms. The minimum absolute atomic E-state index is 0.185. The monoisotopic (exact) mass is 661 g/mol. The van der Waals surface area contributed by atoms with Crippen LogP contribution in [-0.4, -0.2) is 39.5 Å². The van der Waals surface area contributed by atoms with Gasteiger partial charge in [0.2, 0.25) is 0 Å². The Morgan fingerprint density at radius 2 is 1.48 bits per heavy atom. The first-order valence-corrected chi connectivity index (χ1v) is 13.5. The van der Waals surface area contributed by atoms with E-state index in [1.165, 1.54) is 13.8 Å². The minimum atomic E-state index is -5.14. The largest absolute Gasteiger partial charge is 0.417 e. The third-order valence-corrected chi connectivity index (χ3v) is 7.98. The Morgan fingerprint density at radius 1 is 0.925 bits per heavy atom. The molecule has 0 radical (unpaired) electrons. The Labute approximate surface area is 240 Å². The lowest BCUT2D eigenvalue weighted by Gasteiger charge is -2.27. The van der Waals surface area contributed by atoms with Crippen LogP contribution in [0, 0.1) is 0 Å². The zero-order valence-corrected chi connectivity index (χ0v) is 23.4. The van der Waals surface area contributed by atoms with E-state index in [0.29, 0.717) is 18.2 Å². The molecule has 2 atom stereocenters. The maximum Gasteiger partial charge on any atom is 0.417 e. The van der Waals surface area contributed by atoms with Crippen molar-refractivity contribution in [2.24, 2.45) is 0 Å².